The molecule has 3 N–H and O–H groups in total. The average Bonchev–Trinajstić information content (AvgIpc) is 2.42. The Bertz CT molecular complexity index is 353. The van der Waals surface area contributed by atoms with Crippen LogP contribution in [0.25, 0.3) is 0 Å². The number of carbonyl (C=O) groups excluding carboxylic acids is 1. The molecule has 2 aliphatic carbocycles. The van der Waals surface area contributed by atoms with E-state index in [0.717, 1.165) is 24.5 Å². The van der Waals surface area contributed by atoms with E-state index in [1.54, 1.807) is 0 Å². The van der Waals surface area contributed by atoms with Gasteiger partial charge in [0.15, 0.2) is 0 Å². The lowest BCUT2D eigenvalue weighted by Gasteiger charge is -2.48. The van der Waals surface area contributed by atoms with Crippen LogP contribution in [0, 0.1) is 11.3 Å². The lowest BCUT2D eigenvalue weighted by molar-refractivity contribution is 0.0701. The van der Waals surface area contributed by atoms with Gasteiger partial charge in [0.25, 0.3) is 0 Å². The first-order chi connectivity index (χ1) is 9.16. The number of urea groups is 1. The van der Waals surface area contributed by atoms with E-state index in [2.05, 4.69) is 17.5 Å². The Kier molecular flexibility index (Phi) is 4.83. The Hall–Kier alpha value is -1.06. The van der Waals surface area contributed by atoms with Crippen molar-refractivity contribution in [3.63, 3.8) is 0 Å². The van der Waals surface area contributed by atoms with E-state index in [0.29, 0.717) is 5.41 Å². The zero-order chi connectivity index (χ0) is 13.7. The normalized spacial score (nSPS) is 32.9. The van der Waals surface area contributed by atoms with Crippen LogP contribution in [0.1, 0.15) is 71.1 Å². The molecular weight excluding hydrogens is 238 g/mol. The number of primary amides is 1. The van der Waals surface area contributed by atoms with Crippen LogP contribution in [-0.2, 0) is 0 Å². The molecule has 0 saturated heterocycles. The van der Waals surface area contributed by atoms with Gasteiger partial charge in [0.2, 0.25) is 0 Å². The molecule has 2 unspecified atom stereocenters. The third-order valence-corrected chi connectivity index (χ3v) is 5.03. The monoisotopic (exact) mass is 265 g/mol. The topological polar surface area (TPSA) is 67.5 Å². The number of nitrogens with two attached hydrogens (primary N) is 1. The summed E-state index contributed by atoms with van der Waals surface area (Å²) in [7, 11) is 0. The molecule has 2 amide bonds. The molecule has 0 aromatic rings. The van der Waals surface area contributed by atoms with Gasteiger partial charge in [-0.3, -0.25) is 0 Å². The highest BCUT2D eigenvalue weighted by molar-refractivity contribution is 5.87. The summed E-state index contributed by atoms with van der Waals surface area (Å²) in [6.45, 7) is 2.26. The van der Waals surface area contributed by atoms with Gasteiger partial charge in [-0.25, -0.2) is 10.2 Å². The van der Waals surface area contributed by atoms with Crippen LogP contribution in [0.2, 0.25) is 0 Å². The van der Waals surface area contributed by atoms with Crippen LogP contribution < -0.4 is 11.2 Å². The number of fused-ring (bicyclic) bond motifs is 1. The molecule has 0 bridgehead atoms. The quantitative estimate of drug-likeness (QED) is 0.750. The predicted molar refractivity (Wildman–Crippen MR) is 77.9 cm³/mol. The van der Waals surface area contributed by atoms with E-state index in [1.807, 2.05) is 0 Å². The van der Waals surface area contributed by atoms with Crippen LogP contribution in [0.5, 0.6) is 0 Å². The summed E-state index contributed by atoms with van der Waals surface area (Å²) < 4.78 is 0. The number of carbonyl (C=O) groups is 1. The van der Waals surface area contributed by atoms with Crippen molar-refractivity contribution in [2.45, 2.75) is 71.1 Å². The highest BCUT2D eigenvalue weighted by Crippen LogP contribution is 2.52. The standard InChI is InChI=1S/C15H27N3O/c1-2-3-9-15-10-5-4-6-12(15)7-8-13(11-15)17-18-14(16)19/h12H,2-11H2,1H3,(H3,16,18,19). The molecule has 4 nitrogen and oxygen atoms in total. The van der Waals surface area contributed by atoms with Crippen molar-refractivity contribution in [3.8, 4) is 0 Å². The first-order valence-corrected chi connectivity index (χ1v) is 7.77. The number of amides is 2. The van der Waals surface area contributed by atoms with E-state index < -0.39 is 6.03 Å². The van der Waals surface area contributed by atoms with E-state index in [1.165, 1.54) is 51.4 Å². The Morgan fingerprint density at radius 3 is 3.05 bits per heavy atom. The van der Waals surface area contributed by atoms with Gasteiger partial charge in [-0.1, -0.05) is 32.6 Å². The van der Waals surface area contributed by atoms with Crippen LogP contribution >= 0.6 is 0 Å². The molecule has 0 aliphatic heterocycles. The van der Waals surface area contributed by atoms with E-state index in [-0.39, 0.29) is 0 Å². The Morgan fingerprint density at radius 2 is 2.32 bits per heavy atom. The second-order valence-corrected chi connectivity index (χ2v) is 6.28. The number of nitrogens with one attached hydrogen (secondary N) is 1. The van der Waals surface area contributed by atoms with Gasteiger partial charge in [-0.15, -0.1) is 0 Å². The van der Waals surface area contributed by atoms with Gasteiger partial charge in [0.05, 0.1) is 0 Å². The van der Waals surface area contributed by atoms with Gasteiger partial charge in [0, 0.05) is 5.71 Å². The van der Waals surface area contributed by atoms with Gasteiger partial charge >= 0.3 is 6.03 Å². The van der Waals surface area contributed by atoms with Gasteiger partial charge < -0.3 is 5.73 Å². The number of unbranched alkanes of at least 4 members (excludes halogenated alkanes) is 1. The minimum atomic E-state index is -0.555. The molecule has 2 aliphatic rings. The number of nitrogens with zero attached hydrogens (tertiary/aromatic N) is 1. The van der Waals surface area contributed by atoms with Crippen molar-refractivity contribution in [2.75, 3.05) is 0 Å². The SMILES string of the molecule is CCCCC12CCCCC1CCC(=NNC(N)=O)C2. The summed E-state index contributed by atoms with van der Waals surface area (Å²) >= 11 is 0. The molecule has 0 aromatic heterocycles. The Balaban J connectivity index is 2.07. The molecule has 2 rings (SSSR count). The maximum absolute atomic E-state index is 10.8. The van der Waals surface area contributed by atoms with E-state index in [4.69, 9.17) is 5.73 Å². The molecule has 0 radical (unpaired) electrons. The molecule has 2 fully saturated rings. The number of hydrazone groups is 1. The van der Waals surface area contributed by atoms with Gasteiger partial charge in [0.1, 0.15) is 0 Å². The number of rotatable bonds is 4. The van der Waals surface area contributed by atoms with Crippen LogP contribution in [0.15, 0.2) is 5.10 Å². The average molecular weight is 265 g/mol. The summed E-state index contributed by atoms with van der Waals surface area (Å²) in [6, 6.07) is -0.555. The minimum Gasteiger partial charge on any atom is -0.350 e. The summed E-state index contributed by atoms with van der Waals surface area (Å²) in [6.07, 6.45) is 12.7. The van der Waals surface area contributed by atoms with Crippen molar-refractivity contribution in [2.24, 2.45) is 22.2 Å². The molecule has 2 atom stereocenters. The Labute approximate surface area is 116 Å². The zero-order valence-electron chi connectivity index (χ0n) is 12.1. The van der Waals surface area contributed by atoms with Crippen LogP contribution in [0.3, 0.4) is 0 Å². The summed E-state index contributed by atoms with van der Waals surface area (Å²) in [5, 5.41) is 4.22. The molecular formula is C15H27N3O. The summed E-state index contributed by atoms with van der Waals surface area (Å²) in [5.74, 6) is 0.875. The van der Waals surface area contributed by atoms with Crippen molar-refractivity contribution < 1.29 is 4.79 Å². The van der Waals surface area contributed by atoms with Crippen molar-refractivity contribution in [1.82, 2.24) is 5.43 Å². The second kappa shape index (κ2) is 6.40. The first-order valence-electron chi connectivity index (χ1n) is 7.77. The minimum absolute atomic E-state index is 0.463. The van der Waals surface area contributed by atoms with Crippen molar-refractivity contribution >= 4 is 11.7 Å². The zero-order valence-corrected chi connectivity index (χ0v) is 12.1. The van der Waals surface area contributed by atoms with Crippen LogP contribution in [-0.4, -0.2) is 11.7 Å². The Morgan fingerprint density at radius 1 is 1.47 bits per heavy atom. The third-order valence-electron chi connectivity index (χ3n) is 5.03. The van der Waals surface area contributed by atoms with Gasteiger partial charge in [-0.2, -0.15) is 5.10 Å². The maximum atomic E-state index is 10.8. The molecule has 2 saturated carbocycles. The second-order valence-electron chi connectivity index (χ2n) is 6.28. The number of hydrogen-bond acceptors (Lipinski definition) is 2. The highest BCUT2D eigenvalue weighted by Gasteiger charge is 2.43. The van der Waals surface area contributed by atoms with Crippen molar-refractivity contribution in [3.05, 3.63) is 0 Å². The largest absolute Gasteiger partial charge is 0.350 e. The lowest BCUT2D eigenvalue weighted by atomic mass is 9.57. The smallest absolute Gasteiger partial charge is 0.332 e. The molecule has 0 spiro atoms. The third kappa shape index (κ3) is 3.48. The summed E-state index contributed by atoms with van der Waals surface area (Å²) in [5.41, 5.74) is 9.12. The molecule has 4 heteroatoms. The fourth-order valence-electron chi connectivity index (χ4n) is 4.07. The fourth-order valence-corrected chi connectivity index (χ4v) is 4.07. The molecule has 19 heavy (non-hydrogen) atoms. The van der Waals surface area contributed by atoms with E-state index in [9.17, 15) is 4.79 Å². The molecule has 0 heterocycles. The van der Waals surface area contributed by atoms with Crippen LogP contribution in [0.4, 0.5) is 4.79 Å². The predicted octanol–water partition coefficient (Wildman–Crippen LogP) is 3.56. The maximum Gasteiger partial charge on any atom is 0.332 e. The first kappa shape index (κ1) is 14.4. The lowest BCUT2D eigenvalue weighted by Crippen LogP contribution is -2.40. The summed E-state index contributed by atoms with van der Waals surface area (Å²) in [4.78, 5) is 10.8. The van der Waals surface area contributed by atoms with Gasteiger partial charge in [-0.05, 0) is 49.9 Å². The highest BCUT2D eigenvalue weighted by atomic mass is 16.2. The molecule has 108 valence electrons. The number of hydrogen-bond donors (Lipinski definition) is 2. The fraction of sp³-hybridized carbons (Fsp3) is 0.867. The van der Waals surface area contributed by atoms with Crippen molar-refractivity contribution in [1.29, 1.82) is 0 Å². The van der Waals surface area contributed by atoms with E-state index >= 15 is 0 Å². The molecule has 0 aromatic carbocycles.